The first-order valence-corrected chi connectivity index (χ1v) is 7.98. The molecule has 130 valence electrons. The minimum atomic E-state index is -0.295. The van der Waals surface area contributed by atoms with Crippen LogP contribution < -0.4 is 19.5 Å². The number of rotatable bonds is 8. The number of hydrogen-bond acceptors (Lipinski definition) is 5. The molecule has 0 saturated carbocycles. The molecule has 25 heavy (non-hydrogen) atoms. The smallest absolute Gasteiger partial charge is 0.262 e. The zero-order chi connectivity index (χ0) is 18.1. The monoisotopic (exact) mass is 340 g/mol. The fraction of sp³-hybridized carbons (Fsp3) is 0.263. The molecule has 0 spiro atoms. The number of carbonyl (C=O) groups excluding carboxylic acids is 1. The highest BCUT2D eigenvalue weighted by Gasteiger charge is 2.09. The average molecular weight is 340 g/mol. The Kier molecular flexibility index (Phi) is 6.66. The number of ether oxygens (including phenoxy) is 3. The highest BCUT2D eigenvalue weighted by atomic mass is 16.5. The number of anilines is 1. The Morgan fingerprint density at radius 1 is 1.00 bits per heavy atom. The second kappa shape index (κ2) is 9.18. The van der Waals surface area contributed by atoms with Crippen molar-refractivity contribution in [1.29, 1.82) is 5.26 Å². The van der Waals surface area contributed by atoms with E-state index in [2.05, 4.69) is 5.32 Å². The Labute approximate surface area is 146 Å². The van der Waals surface area contributed by atoms with Crippen molar-refractivity contribution in [3.63, 3.8) is 0 Å². The van der Waals surface area contributed by atoms with Crippen molar-refractivity contribution in [1.82, 2.24) is 0 Å². The fourth-order valence-electron chi connectivity index (χ4n) is 2.11. The van der Waals surface area contributed by atoms with E-state index in [1.165, 1.54) is 0 Å². The molecule has 1 amide bonds. The average Bonchev–Trinajstić information content (AvgIpc) is 2.62. The number of amides is 1. The summed E-state index contributed by atoms with van der Waals surface area (Å²) in [4.78, 5) is 12.0. The molecule has 1 N–H and O–H groups in total. The Morgan fingerprint density at radius 2 is 1.72 bits per heavy atom. The minimum absolute atomic E-state index is 0.167. The molecule has 0 fully saturated rings. The number of nitriles is 1. The van der Waals surface area contributed by atoms with Crippen molar-refractivity contribution in [2.24, 2.45) is 0 Å². The van der Waals surface area contributed by atoms with E-state index in [0.717, 1.165) is 5.75 Å². The van der Waals surface area contributed by atoms with Gasteiger partial charge in [-0.05, 0) is 50.2 Å². The van der Waals surface area contributed by atoms with E-state index < -0.39 is 0 Å². The number of nitrogens with one attached hydrogen (secondary N) is 1. The Hall–Kier alpha value is -3.20. The van der Waals surface area contributed by atoms with Gasteiger partial charge in [0.05, 0.1) is 24.8 Å². The van der Waals surface area contributed by atoms with E-state index in [0.29, 0.717) is 36.0 Å². The summed E-state index contributed by atoms with van der Waals surface area (Å²) in [6.45, 7) is 4.60. The van der Waals surface area contributed by atoms with Crippen molar-refractivity contribution < 1.29 is 19.0 Å². The third kappa shape index (κ3) is 5.43. The third-order valence-corrected chi connectivity index (χ3v) is 3.18. The van der Waals surface area contributed by atoms with Gasteiger partial charge in [0.25, 0.3) is 5.91 Å². The first-order valence-electron chi connectivity index (χ1n) is 7.98. The summed E-state index contributed by atoms with van der Waals surface area (Å²) in [5, 5.41) is 11.7. The molecule has 6 nitrogen and oxygen atoms in total. The van der Waals surface area contributed by atoms with Crippen LogP contribution in [0.4, 0.5) is 5.69 Å². The van der Waals surface area contributed by atoms with Gasteiger partial charge in [-0.3, -0.25) is 4.79 Å². The van der Waals surface area contributed by atoms with E-state index >= 15 is 0 Å². The summed E-state index contributed by atoms with van der Waals surface area (Å²) in [5.41, 5.74) is 1.12. The lowest BCUT2D eigenvalue weighted by atomic mass is 10.2. The Bertz CT molecular complexity index is 751. The van der Waals surface area contributed by atoms with Crippen molar-refractivity contribution in [2.45, 2.75) is 13.8 Å². The lowest BCUT2D eigenvalue weighted by Crippen LogP contribution is -2.20. The van der Waals surface area contributed by atoms with E-state index in [1.54, 1.807) is 42.5 Å². The predicted molar refractivity (Wildman–Crippen MR) is 94.1 cm³/mol. The van der Waals surface area contributed by atoms with Crippen molar-refractivity contribution in [2.75, 3.05) is 25.1 Å². The maximum Gasteiger partial charge on any atom is 0.262 e. The van der Waals surface area contributed by atoms with E-state index in [9.17, 15) is 4.79 Å². The number of benzene rings is 2. The molecule has 0 saturated heterocycles. The van der Waals surface area contributed by atoms with Crippen molar-refractivity contribution in [3.8, 4) is 23.3 Å². The van der Waals surface area contributed by atoms with Crippen LogP contribution in [0.3, 0.4) is 0 Å². The summed E-state index contributed by atoms with van der Waals surface area (Å²) in [6.07, 6.45) is 0. The van der Waals surface area contributed by atoms with Gasteiger partial charge in [0.1, 0.15) is 5.75 Å². The van der Waals surface area contributed by atoms with Gasteiger partial charge in [0.2, 0.25) is 0 Å². The zero-order valence-electron chi connectivity index (χ0n) is 14.2. The number of nitrogens with zero attached hydrogens (tertiary/aromatic N) is 1. The second-order valence-electron chi connectivity index (χ2n) is 5.00. The highest BCUT2D eigenvalue weighted by molar-refractivity contribution is 5.91. The molecule has 2 rings (SSSR count). The quantitative estimate of drug-likeness (QED) is 0.797. The van der Waals surface area contributed by atoms with Crippen LogP contribution >= 0.6 is 0 Å². The van der Waals surface area contributed by atoms with Gasteiger partial charge in [-0.2, -0.15) is 5.26 Å². The van der Waals surface area contributed by atoms with Gasteiger partial charge in [-0.1, -0.05) is 0 Å². The molecule has 0 unspecified atom stereocenters. The summed E-state index contributed by atoms with van der Waals surface area (Å²) < 4.78 is 16.3. The normalized spacial score (nSPS) is 9.80. The molecular weight excluding hydrogens is 320 g/mol. The predicted octanol–water partition coefficient (Wildman–Crippen LogP) is 3.37. The van der Waals surface area contributed by atoms with Crippen LogP contribution in [0.2, 0.25) is 0 Å². The maximum absolute atomic E-state index is 12.0. The molecule has 0 radical (unpaired) electrons. The van der Waals surface area contributed by atoms with Crippen LogP contribution in [0.1, 0.15) is 19.4 Å². The molecule has 0 aliphatic rings. The molecule has 0 bridgehead atoms. The number of carbonyl (C=O) groups is 1. The lowest BCUT2D eigenvalue weighted by molar-refractivity contribution is -0.118. The molecule has 0 aromatic heterocycles. The van der Waals surface area contributed by atoms with Crippen molar-refractivity contribution >= 4 is 11.6 Å². The Balaban J connectivity index is 1.94. The van der Waals surface area contributed by atoms with Crippen LogP contribution in [-0.4, -0.2) is 25.7 Å². The lowest BCUT2D eigenvalue weighted by Gasteiger charge is -2.12. The fourth-order valence-corrected chi connectivity index (χ4v) is 2.11. The van der Waals surface area contributed by atoms with Crippen LogP contribution in [0, 0.1) is 11.3 Å². The van der Waals surface area contributed by atoms with Crippen LogP contribution in [0.15, 0.2) is 42.5 Å². The van der Waals surface area contributed by atoms with Gasteiger partial charge in [-0.15, -0.1) is 0 Å². The summed E-state index contributed by atoms with van der Waals surface area (Å²) >= 11 is 0. The Morgan fingerprint density at radius 3 is 2.36 bits per heavy atom. The molecule has 0 atom stereocenters. The molecule has 0 aliphatic heterocycles. The van der Waals surface area contributed by atoms with Crippen LogP contribution in [0.25, 0.3) is 0 Å². The topological polar surface area (TPSA) is 80.6 Å². The first-order chi connectivity index (χ1) is 12.2. The number of hydrogen-bond donors (Lipinski definition) is 1. The third-order valence-electron chi connectivity index (χ3n) is 3.18. The van der Waals surface area contributed by atoms with E-state index in [4.69, 9.17) is 19.5 Å². The molecule has 6 heteroatoms. The molecule has 0 heterocycles. The van der Waals surface area contributed by atoms with Crippen LogP contribution in [0.5, 0.6) is 17.2 Å². The molecule has 2 aromatic rings. The van der Waals surface area contributed by atoms with Gasteiger partial charge in [-0.25, -0.2) is 0 Å². The molecule has 0 aliphatic carbocycles. The molecule has 2 aromatic carbocycles. The van der Waals surface area contributed by atoms with Crippen LogP contribution in [-0.2, 0) is 4.79 Å². The SMILES string of the molecule is CCOc1ccc(NC(=O)COc2ccc(C#N)cc2OCC)cc1. The maximum atomic E-state index is 12.0. The van der Waals surface area contributed by atoms with Gasteiger partial charge in [0.15, 0.2) is 18.1 Å². The zero-order valence-corrected chi connectivity index (χ0v) is 14.2. The summed E-state index contributed by atoms with van der Waals surface area (Å²) in [6, 6.07) is 13.9. The molecular formula is C19H20N2O4. The van der Waals surface area contributed by atoms with Gasteiger partial charge >= 0.3 is 0 Å². The summed E-state index contributed by atoms with van der Waals surface area (Å²) in [7, 11) is 0. The highest BCUT2D eigenvalue weighted by Crippen LogP contribution is 2.28. The van der Waals surface area contributed by atoms with Crippen molar-refractivity contribution in [3.05, 3.63) is 48.0 Å². The first kappa shape index (κ1) is 18.1. The second-order valence-corrected chi connectivity index (χ2v) is 5.00. The largest absolute Gasteiger partial charge is 0.494 e. The van der Waals surface area contributed by atoms with E-state index in [1.807, 2.05) is 19.9 Å². The summed E-state index contributed by atoms with van der Waals surface area (Å²) in [5.74, 6) is 1.31. The van der Waals surface area contributed by atoms with Gasteiger partial charge in [0, 0.05) is 11.8 Å². The van der Waals surface area contributed by atoms with E-state index in [-0.39, 0.29) is 12.5 Å². The van der Waals surface area contributed by atoms with Gasteiger partial charge < -0.3 is 19.5 Å². The minimum Gasteiger partial charge on any atom is -0.494 e. The standard InChI is InChI=1S/C19H20N2O4/c1-3-23-16-8-6-15(7-9-16)21-19(22)13-25-17-10-5-14(12-20)11-18(17)24-4-2/h5-11H,3-4,13H2,1-2H3,(H,21,22).